The fraction of sp³-hybridized carbons (Fsp3) is 0.0833. The van der Waals surface area contributed by atoms with Gasteiger partial charge in [0.25, 0.3) is 0 Å². The molecule has 0 heterocycles. The quantitative estimate of drug-likeness (QED) is 0.444. The van der Waals surface area contributed by atoms with Crippen LogP contribution in [0.2, 0.25) is 0 Å². The molecule has 0 aliphatic heterocycles. The molecule has 0 aliphatic carbocycles. The lowest BCUT2D eigenvalue weighted by Gasteiger charge is -2.08. The highest BCUT2D eigenvalue weighted by Gasteiger charge is 2.08. The maximum atomic E-state index is 9.69. The minimum atomic E-state index is 0.394. The first-order valence-electron chi connectivity index (χ1n) is 8.56. The van der Waals surface area contributed by atoms with Crippen LogP contribution in [0.5, 0.6) is 0 Å². The van der Waals surface area contributed by atoms with Crippen LogP contribution in [0.25, 0.3) is 6.08 Å². The van der Waals surface area contributed by atoms with Gasteiger partial charge in [-0.2, -0.15) is 5.26 Å². The molecule has 0 fully saturated rings. The van der Waals surface area contributed by atoms with Crippen LogP contribution in [0, 0.1) is 25.2 Å². The predicted molar refractivity (Wildman–Crippen MR) is 108 cm³/mol. The Morgan fingerprint density at radius 3 is 1.73 bits per heavy atom. The summed E-state index contributed by atoms with van der Waals surface area (Å²) in [6.45, 7) is 4.10. The molecule has 0 radical (unpaired) electrons. The van der Waals surface area contributed by atoms with E-state index in [4.69, 9.17) is 4.99 Å². The second kappa shape index (κ2) is 8.09. The summed E-state index contributed by atoms with van der Waals surface area (Å²) in [4.78, 5) is 4.73. The maximum absolute atomic E-state index is 9.69. The molecule has 0 atom stereocenters. The zero-order valence-electron chi connectivity index (χ0n) is 15.0. The smallest absolute Gasteiger partial charge is 0.141 e. The number of benzene rings is 3. The summed E-state index contributed by atoms with van der Waals surface area (Å²) >= 11 is 0. The highest BCUT2D eigenvalue weighted by Crippen LogP contribution is 2.19. The Balaban J connectivity index is 2.15. The minimum Gasteiger partial charge on any atom is -0.236 e. The molecule has 0 saturated carbocycles. The number of rotatable bonds is 4. The monoisotopic (exact) mass is 336 g/mol. The van der Waals surface area contributed by atoms with Gasteiger partial charge in [-0.15, -0.1) is 0 Å². The molecule has 2 nitrogen and oxygen atoms in total. The predicted octanol–water partition coefficient (Wildman–Crippen LogP) is 5.71. The first kappa shape index (κ1) is 17.4. The Bertz CT molecular complexity index is 930. The molecule has 0 saturated heterocycles. The van der Waals surface area contributed by atoms with Gasteiger partial charge in [-0.3, -0.25) is 0 Å². The molecule has 0 N–H and O–H groups in total. The molecule has 3 aromatic carbocycles. The van der Waals surface area contributed by atoms with Gasteiger partial charge in [0.15, 0.2) is 0 Å². The summed E-state index contributed by atoms with van der Waals surface area (Å²) in [7, 11) is 0. The van der Waals surface area contributed by atoms with Gasteiger partial charge in [0.1, 0.15) is 11.8 Å². The highest BCUT2D eigenvalue weighted by molar-refractivity contribution is 6.13. The maximum Gasteiger partial charge on any atom is 0.141 e. The largest absolute Gasteiger partial charge is 0.236 e. The standard InChI is InChI=1S/C24H20N2/c1-18-10-9-11-19(2)23(18)16-22(17-25)26-24(20-12-5-3-6-13-20)21-14-7-4-8-15-21/h3-16H,1-2H3/b22-16+. The first-order chi connectivity index (χ1) is 12.7. The van der Waals surface area contributed by atoms with Crippen LogP contribution >= 0.6 is 0 Å². The molecule has 26 heavy (non-hydrogen) atoms. The normalized spacial score (nSPS) is 10.9. The number of aryl methyl sites for hydroxylation is 2. The van der Waals surface area contributed by atoms with Crippen molar-refractivity contribution in [2.45, 2.75) is 13.8 Å². The molecule has 0 aromatic heterocycles. The fourth-order valence-corrected chi connectivity index (χ4v) is 2.89. The molecule has 2 heteroatoms. The molecule has 3 aromatic rings. The Kier molecular flexibility index (Phi) is 5.41. The third-order valence-corrected chi connectivity index (χ3v) is 4.26. The van der Waals surface area contributed by atoms with E-state index in [-0.39, 0.29) is 0 Å². The van der Waals surface area contributed by atoms with Crippen molar-refractivity contribution in [3.8, 4) is 6.07 Å². The Hall–Kier alpha value is -3.44. The van der Waals surface area contributed by atoms with Crippen molar-refractivity contribution in [3.63, 3.8) is 0 Å². The van der Waals surface area contributed by atoms with Crippen LogP contribution in [-0.4, -0.2) is 5.71 Å². The number of hydrogen-bond donors (Lipinski definition) is 0. The molecule has 0 aliphatic rings. The van der Waals surface area contributed by atoms with Crippen molar-refractivity contribution >= 4 is 11.8 Å². The van der Waals surface area contributed by atoms with Crippen LogP contribution in [0.15, 0.2) is 89.6 Å². The number of aliphatic imine (C=N–C) groups is 1. The second-order valence-electron chi connectivity index (χ2n) is 6.14. The van der Waals surface area contributed by atoms with E-state index in [1.807, 2.05) is 98.8 Å². The van der Waals surface area contributed by atoms with Gasteiger partial charge >= 0.3 is 0 Å². The van der Waals surface area contributed by atoms with E-state index in [2.05, 4.69) is 6.07 Å². The van der Waals surface area contributed by atoms with E-state index in [1.54, 1.807) is 0 Å². The lowest BCUT2D eigenvalue weighted by Crippen LogP contribution is -2.03. The Labute approximate surface area is 154 Å². The van der Waals surface area contributed by atoms with Crippen molar-refractivity contribution in [2.24, 2.45) is 4.99 Å². The van der Waals surface area contributed by atoms with Gasteiger partial charge in [0.2, 0.25) is 0 Å². The topological polar surface area (TPSA) is 36.1 Å². The van der Waals surface area contributed by atoms with Crippen LogP contribution in [0.1, 0.15) is 27.8 Å². The van der Waals surface area contributed by atoms with E-state index in [9.17, 15) is 5.26 Å². The SMILES string of the molecule is Cc1cccc(C)c1/C=C(\C#N)N=C(c1ccccc1)c1ccccc1. The van der Waals surface area contributed by atoms with Crippen molar-refractivity contribution in [1.82, 2.24) is 0 Å². The molecule has 126 valence electrons. The molecule has 3 rings (SSSR count). The summed E-state index contributed by atoms with van der Waals surface area (Å²) < 4.78 is 0. The summed E-state index contributed by atoms with van der Waals surface area (Å²) in [5.41, 5.74) is 6.48. The molecular weight excluding hydrogens is 316 g/mol. The van der Waals surface area contributed by atoms with Crippen molar-refractivity contribution in [1.29, 1.82) is 5.26 Å². The fourth-order valence-electron chi connectivity index (χ4n) is 2.89. The summed E-state index contributed by atoms with van der Waals surface area (Å²) in [5, 5.41) is 9.69. The third-order valence-electron chi connectivity index (χ3n) is 4.26. The molecule has 0 unspecified atom stereocenters. The van der Waals surface area contributed by atoms with Gasteiger partial charge < -0.3 is 0 Å². The number of nitriles is 1. The van der Waals surface area contributed by atoms with Crippen LogP contribution in [-0.2, 0) is 0 Å². The van der Waals surface area contributed by atoms with E-state index in [1.165, 1.54) is 0 Å². The molecule has 0 spiro atoms. The van der Waals surface area contributed by atoms with E-state index in [0.717, 1.165) is 33.5 Å². The van der Waals surface area contributed by atoms with Crippen molar-refractivity contribution in [3.05, 3.63) is 112 Å². The van der Waals surface area contributed by atoms with Crippen molar-refractivity contribution < 1.29 is 0 Å². The van der Waals surface area contributed by atoms with E-state index < -0.39 is 0 Å². The number of nitrogens with zero attached hydrogens (tertiary/aromatic N) is 2. The van der Waals surface area contributed by atoms with Crippen molar-refractivity contribution in [2.75, 3.05) is 0 Å². The lowest BCUT2D eigenvalue weighted by molar-refractivity contribution is 1.33. The summed E-state index contributed by atoms with van der Waals surface area (Å²) in [6, 6.07) is 28.3. The molecule has 0 amide bonds. The third kappa shape index (κ3) is 3.96. The second-order valence-corrected chi connectivity index (χ2v) is 6.14. The average molecular weight is 336 g/mol. The van der Waals surface area contributed by atoms with Gasteiger partial charge in [0, 0.05) is 11.1 Å². The Morgan fingerprint density at radius 2 is 1.27 bits per heavy atom. The van der Waals surface area contributed by atoms with Crippen LogP contribution in [0.3, 0.4) is 0 Å². The Morgan fingerprint density at radius 1 is 0.769 bits per heavy atom. The number of hydrogen-bond acceptors (Lipinski definition) is 2. The summed E-state index contributed by atoms with van der Waals surface area (Å²) in [5.74, 6) is 0. The van der Waals surface area contributed by atoms with Gasteiger partial charge in [0.05, 0.1) is 5.71 Å². The van der Waals surface area contributed by atoms with Gasteiger partial charge in [-0.1, -0.05) is 78.9 Å². The zero-order valence-corrected chi connectivity index (χ0v) is 15.0. The summed E-state index contributed by atoms with van der Waals surface area (Å²) in [6.07, 6.45) is 1.87. The van der Waals surface area contributed by atoms with Gasteiger partial charge in [-0.05, 0) is 36.6 Å². The first-order valence-corrected chi connectivity index (χ1v) is 8.56. The average Bonchev–Trinajstić information content (AvgIpc) is 2.68. The van der Waals surface area contributed by atoms with Gasteiger partial charge in [-0.25, -0.2) is 4.99 Å². The lowest BCUT2D eigenvalue weighted by atomic mass is 10.0. The minimum absolute atomic E-state index is 0.394. The van der Waals surface area contributed by atoms with E-state index >= 15 is 0 Å². The van der Waals surface area contributed by atoms with E-state index in [0.29, 0.717) is 5.70 Å². The molecular formula is C24H20N2. The van der Waals surface area contributed by atoms with Crippen LogP contribution in [0.4, 0.5) is 0 Å². The number of allylic oxidation sites excluding steroid dienone is 1. The molecule has 0 bridgehead atoms. The highest BCUT2D eigenvalue weighted by atomic mass is 14.8. The van der Waals surface area contributed by atoms with Crippen LogP contribution < -0.4 is 0 Å². The zero-order chi connectivity index (χ0) is 18.4.